The zero-order valence-electron chi connectivity index (χ0n) is 12.0. The number of nitrogens with two attached hydrogens (primary N) is 1. The van der Waals surface area contributed by atoms with Gasteiger partial charge in [0.2, 0.25) is 0 Å². The van der Waals surface area contributed by atoms with Crippen molar-refractivity contribution in [3.63, 3.8) is 0 Å². The van der Waals surface area contributed by atoms with Crippen LogP contribution < -0.4 is 5.73 Å². The Bertz CT molecular complexity index is 516. The summed E-state index contributed by atoms with van der Waals surface area (Å²) in [6.45, 7) is 7.24. The summed E-state index contributed by atoms with van der Waals surface area (Å²) in [5.41, 5.74) is 9.97. The molecule has 0 bridgehead atoms. The van der Waals surface area contributed by atoms with Gasteiger partial charge < -0.3 is 5.73 Å². The third-order valence-electron chi connectivity index (χ3n) is 3.70. The molecule has 1 heterocycles. The van der Waals surface area contributed by atoms with E-state index in [-0.39, 0.29) is 6.04 Å². The van der Waals surface area contributed by atoms with Crippen molar-refractivity contribution >= 4 is 0 Å². The lowest BCUT2D eigenvalue weighted by atomic mass is 9.91. The van der Waals surface area contributed by atoms with E-state index in [1.54, 1.807) is 0 Å². The van der Waals surface area contributed by atoms with Crippen LogP contribution in [0.3, 0.4) is 0 Å². The fourth-order valence-electron chi connectivity index (χ4n) is 2.46. The van der Waals surface area contributed by atoms with E-state index >= 15 is 0 Å². The zero-order valence-corrected chi connectivity index (χ0v) is 12.0. The average Bonchev–Trinajstić information content (AvgIpc) is 2.78. The van der Waals surface area contributed by atoms with E-state index in [1.807, 2.05) is 17.7 Å². The molecule has 3 heteroatoms. The first kappa shape index (κ1) is 13.8. The number of benzene rings is 1. The fraction of sp³-hybridized carbons (Fsp3) is 0.438. The molecule has 2 N–H and O–H groups in total. The maximum absolute atomic E-state index is 6.37. The second-order valence-corrected chi connectivity index (χ2v) is 5.16. The van der Waals surface area contributed by atoms with Gasteiger partial charge in [-0.1, -0.05) is 37.3 Å². The predicted molar refractivity (Wildman–Crippen MR) is 79.2 cm³/mol. The Morgan fingerprint density at radius 3 is 2.58 bits per heavy atom. The van der Waals surface area contributed by atoms with Crippen LogP contribution >= 0.6 is 0 Å². The molecule has 3 nitrogen and oxygen atoms in total. The van der Waals surface area contributed by atoms with E-state index in [9.17, 15) is 0 Å². The average molecular weight is 257 g/mol. The Kier molecular flexibility index (Phi) is 4.38. The Morgan fingerprint density at radius 2 is 1.95 bits per heavy atom. The van der Waals surface area contributed by atoms with Crippen LogP contribution in [0.25, 0.3) is 0 Å². The number of rotatable bonds is 5. The highest BCUT2D eigenvalue weighted by Gasteiger charge is 2.17. The maximum atomic E-state index is 6.37. The van der Waals surface area contributed by atoms with Gasteiger partial charge >= 0.3 is 0 Å². The first-order valence-corrected chi connectivity index (χ1v) is 6.95. The number of hydrogen-bond donors (Lipinski definition) is 1. The molecule has 2 unspecified atom stereocenters. The molecular weight excluding hydrogens is 234 g/mol. The molecule has 1 aromatic heterocycles. The van der Waals surface area contributed by atoms with Gasteiger partial charge in [0.05, 0.1) is 5.69 Å². The molecule has 0 aliphatic rings. The quantitative estimate of drug-likeness (QED) is 0.895. The van der Waals surface area contributed by atoms with Crippen LogP contribution in [0, 0.1) is 6.92 Å². The third kappa shape index (κ3) is 3.24. The van der Waals surface area contributed by atoms with Crippen molar-refractivity contribution in [1.29, 1.82) is 0 Å². The topological polar surface area (TPSA) is 43.8 Å². The Balaban J connectivity index is 2.10. The van der Waals surface area contributed by atoms with Gasteiger partial charge in [-0.25, -0.2) is 0 Å². The smallest absolute Gasteiger partial charge is 0.0596 e. The molecule has 0 fully saturated rings. The van der Waals surface area contributed by atoms with Crippen molar-refractivity contribution < 1.29 is 0 Å². The molecule has 0 spiro atoms. The zero-order chi connectivity index (χ0) is 13.8. The van der Waals surface area contributed by atoms with Crippen molar-refractivity contribution in [3.8, 4) is 0 Å². The van der Waals surface area contributed by atoms with Gasteiger partial charge in [0.25, 0.3) is 0 Å². The van der Waals surface area contributed by atoms with Gasteiger partial charge in [0.1, 0.15) is 0 Å². The molecule has 2 aromatic rings. The van der Waals surface area contributed by atoms with Gasteiger partial charge in [-0.15, -0.1) is 0 Å². The standard InChI is InChI=1S/C16H23N3/c1-4-19-15(10-12(2)18-19)11-16(17)13(3)14-8-6-5-7-9-14/h5-10,13,16H,4,11,17H2,1-3H3. The minimum Gasteiger partial charge on any atom is -0.327 e. The van der Waals surface area contributed by atoms with E-state index in [1.165, 1.54) is 11.3 Å². The van der Waals surface area contributed by atoms with Crippen LogP contribution in [-0.2, 0) is 13.0 Å². The van der Waals surface area contributed by atoms with Gasteiger partial charge in [0, 0.05) is 24.7 Å². The molecule has 0 aliphatic carbocycles. The number of aromatic nitrogens is 2. The van der Waals surface area contributed by atoms with E-state index < -0.39 is 0 Å². The third-order valence-corrected chi connectivity index (χ3v) is 3.70. The van der Waals surface area contributed by atoms with E-state index in [2.05, 4.69) is 49.3 Å². The monoisotopic (exact) mass is 257 g/mol. The summed E-state index contributed by atoms with van der Waals surface area (Å²) in [6.07, 6.45) is 0.866. The molecule has 0 aliphatic heterocycles. The molecule has 2 rings (SSSR count). The van der Waals surface area contributed by atoms with Crippen LogP contribution in [0.2, 0.25) is 0 Å². The lowest BCUT2D eigenvalue weighted by Gasteiger charge is -2.20. The van der Waals surface area contributed by atoms with Gasteiger partial charge in [-0.2, -0.15) is 5.10 Å². The van der Waals surface area contributed by atoms with E-state index in [0.29, 0.717) is 5.92 Å². The van der Waals surface area contributed by atoms with Crippen molar-refractivity contribution in [2.75, 3.05) is 0 Å². The van der Waals surface area contributed by atoms with E-state index in [0.717, 1.165) is 18.7 Å². The summed E-state index contributed by atoms with van der Waals surface area (Å²) in [5.74, 6) is 0.349. The van der Waals surface area contributed by atoms with Crippen LogP contribution in [0.4, 0.5) is 0 Å². The highest BCUT2D eigenvalue weighted by Crippen LogP contribution is 2.20. The Morgan fingerprint density at radius 1 is 1.26 bits per heavy atom. The molecule has 0 saturated carbocycles. The summed E-state index contributed by atoms with van der Waals surface area (Å²) < 4.78 is 2.05. The summed E-state index contributed by atoms with van der Waals surface area (Å²) in [7, 11) is 0. The molecule has 2 atom stereocenters. The second kappa shape index (κ2) is 6.02. The molecule has 0 radical (unpaired) electrons. The maximum Gasteiger partial charge on any atom is 0.0596 e. The van der Waals surface area contributed by atoms with Gasteiger partial charge in [0.15, 0.2) is 0 Å². The summed E-state index contributed by atoms with van der Waals surface area (Å²) in [4.78, 5) is 0. The Hall–Kier alpha value is -1.61. The van der Waals surface area contributed by atoms with Gasteiger partial charge in [-0.3, -0.25) is 4.68 Å². The van der Waals surface area contributed by atoms with Crippen molar-refractivity contribution in [2.24, 2.45) is 5.73 Å². The van der Waals surface area contributed by atoms with Crippen LogP contribution in [-0.4, -0.2) is 15.8 Å². The summed E-state index contributed by atoms with van der Waals surface area (Å²) in [5, 5.41) is 4.48. The van der Waals surface area contributed by atoms with Crippen LogP contribution in [0.1, 0.15) is 36.7 Å². The minimum atomic E-state index is 0.115. The van der Waals surface area contributed by atoms with E-state index in [4.69, 9.17) is 5.73 Å². The van der Waals surface area contributed by atoms with Crippen molar-refractivity contribution in [2.45, 2.75) is 45.7 Å². The molecule has 0 saturated heterocycles. The lowest BCUT2D eigenvalue weighted by molar-refractivity contribution is 0.526. The summed E-state index contributed by atoms with van der Waals surface area (Å²) >= 11 is 0. The normalized spacial score (nSPS) is 14.3. The number of nitrogens with zero attached hydrogens (tertiary/aromatic N) is 2. The largest absolute Gasteiger partial charge is 0.327 e. The van der Waals surface area contributed by atoms with Crippen LogP contribution in [0.5, 0.6) is 0 Å². The predicted octanol–water partition coefficient (Wildman–Crippen LogP) is 2.88. The molecule has 1 aromatic carbocycles. The number of hydrogen-bond acceptors (Lipinski definition) is 2. The first-order chi connectivity index (χ1) is 9.11. The highest BCUT2D eigenvalue weighted by atomic mass is 15.3. The van der Waals surface area contributed by atoms with Gasteiger partial charge in [-0.05, 0) is 31.4 Å². The summed E-state index contributed by atoms with van der Waals surface area (Å²) in [6, 6.07) is 12.7. The molecule has 0 amide bonds. The fourth-order valence-corrected chi connectivity index (χ4v) is 2.46. The van der Waals surface area contributed by atoms with Crippen LogP contribution in [0.15, 0.2) is 36.4 Å². The van der Waals surface area contributed by atoms with Crippen molar-refractivity contribution in [1.82, 2.24) is 9.78 Å². The molecule has 19 heavy (non-hydrogen) atoms. The number of aryl methyl sites for hydroxylation is 2. The SMILES string of the molecule is CCn1nc(C)cc1CC(N)C(C)c1ccccc1. The van der Waals surface area contributed by atoms with Crippen molar-refractivity contribution in [3.05, 3.63) is 53.3 Å². The molecule has 102 valence electrons. The first-order valence-electron chi connectivity index (χ1n) is 6.95. The lowest BCUT2D eigenvalue weighted by Crippen LogP contribution is -2.30. The highest BCUT2D eigenvalue weighted by molar-refractivity contribution is 5.21. The molecular formula is C16H23N3. The Labute approximate surface area is 115 Å². The minimum absolute atomic E-state index is 0.115. The second-order valence-electron chi connectivity index (χ2n) is 5.16.